The van der Waals surface area contributed by atoms with Gasteiger partial charge in [0, 0.05) is 18.8 Å². The van der Waals surface area contributed by atoms with Gasteiger partial charge in [-0.2, -0.15) is 0 Å². The third-order valence-electron chi connectivity index (χ3n) is 9.66. The van der Waals surface area contributed by atoms with E-state index in [9.17, 15) is 19.5 Å². The van der Waals surface area contributed by atoms with Gasteiger partial charge in [-0.3, -0.25) is 14.4 Å². The number of likely N-dealkylation sites (tertiary alicyclic amines) is 1. The van der Waals surface area contributed by atoms with Crippen LogP contribution in [0.5, 0.6) is 5.75 Å². The maximum Gasteiger partial charge on any atom is 0.247 e. The Bertz CT molecular complexity index is 1540. The SMILES string of the molecule is CCOc1ccc(NC(=O)[C@@H]2[C@H]3C(=O)N(CCCCCO)C(C(=O)NCn4nnc5ccccc54)C34CC(C)[C@@]2(C)O4)cc1. The van der Waals surface area contributed by atoms with Gasteiger partial charge in [0.15, 0.2) is 0 Å². The van der Waals surface area contributed by atoms with E-state index in [-0.39, 0.29) is 36.9 Å². The molecule has 3 amide bonds. The number of nitrogens with zero attached hydrogens (tertiary/aromatic N) is 4. The van der Waals surface area contributed by atoms with Crippen molar-refractivity contribution in [2.45, 2.75) is 70.4 Å². The molecule has 3 unspecified atom stereocenters. The van der Waals surface area contributed by atoms with Crippen LogP contribution in [0.4, 0.5) is 5.69 Å². The Labute approximate surface area is 256 Å². The Balaban J connectivity index is 1.29. The van der Waals surface area contributed by atoms with Crippen LogP contribution in [0.2, 0.25) is 0 Å². The number of ether oxygens (including phenoxy) is 2. The summed E-state index contributed by atoms with van der Waals surface area (Å²) in [7, 11) is 0. The van der Waals surface area contributed by atoms with Gasteiger partial charge in [0.1, 0.15) is 29.6 Å². The Morgan fingerprint density at radius 1 is 1.11 bits per heavy atom. The summed E-state index contributed by atoms with van der Waals surface area (Å²) in [4.78, 5) is 44.0. The number of anilines is 1. The quantitative estimate of drug-likeness (QED) is 0.268. The van der Waals surface area contributed by atoms with Gasteiger partial charge in [0.05, 0.1) is 29.6 Å². The zero-order valence-electron chi connectivity index (χ0n) is 25.4. The van der Waals surface area contributed by atoms with E-state index in [4.69, 9.17) is 9.47 Å². The Morgan fingerprint density at radius 2 is 1.89 bits per heavy atom. The molecule has 3 fully saturated rings. The van der Waals surface area contributed by atoms with Crippen molar-refractivity contribution in [2.24, 2.45) is 17.8 Å². The molecule has 12 nitrogen and oxygen atoms in total. The number of aliphatic hydroxyl groups excluding tert-OH is 1. The van der Waals surface area contributed by atoms with Crippen molar-refractivity contribution < 1.29 is 29.0 Å². The molecule has 0 aliphatic carbocycles. The third-order valence-corrected chi connectivity index (χ3v) is 9.66. The fourth-order valence-electron chi connectivity index (χ4n) is 7.56. The highest BCUT2D eigenvalue weighted by molar-refractivity contribution is 6.02. The van der Waals surface area contributed by atoms with Crippen LogP contribution in [0.3, 0.4) is 0 Å². The van der Waals surface area contributed by atoms with E-state index < -0.39 is 29.1 Å². The minimum atomic E-state index is -1.16. The lowest BCUT2D eigenvalue weighted by Crippen LogP contribution is -2.56. The smallest absolute Gasteiger partial charge is 0.247 e. The number of nitrogens with one attached hydrogen (secondary N) is 2. The third kappa shape index (κ3) is 4.89. The highest BCUT2D eigenvalue weighted by Crippen LogP contribution is 2.65. The van der Waals surface area contributed by atoms with E-state index in [1.165, 1.54) is 0 Å². The van der Waals surface area contributed by atoms with Gasteiger partial charge < -0.3 is 30.1 Å². The first-order valence-corrected chi connectivity index (χ1v) is 15.4. The standard InChI is InChI=1S/C32H40N6O6/c1-4-43-22-14-12-21(13-15-22)34-28(40)25-26-30(42)37(16-8-5-9-17-39)27(32(26)18-20(2)31(25,3)44-32)29(41)33-19-38-24-11-7-6-10-23(24)35-36-38/h6-7,10-15,20,25-27,39H,4-5,8-9,16-19H2,1-3H3,(H,33,41)(H,34,40)/t20?,25-,26-,27?,31+,32?/m0/s1. The number of aliphatic hydroxyl groups is 1. The number of hydrogen-bond donors (Lipinski definition) is 3. The van der Waals surface area contributed by atoms with Crippen molar-refractivity contribution in [3.63, 3.8) is 0 Å². The van der Waals surface area contributed by atoms with Crippen molar-refractivity contribution in [3.8, 4) is 5.75 Å². The first-order chi connectivity index (χ1) is 21.2. The van der Waals surface area contributed by atoms with Crippen molar-refractivity contribution in [3.05, 3.63) is 48.5 Å². The number of benzene rings is 2. The number of fused-ring (bicyclic) bond motifs is 2. The monoisotopic (exact) mass is 604 g/mol. The van der Waals surface area contributed by atoms with Crippen LogP contribution in [-0.4, -0.2) is 79.7 Å². The molecule has 12 heteroatoms. The molecule has 0 saturated carbocycles. The molecule has 3 aromatic rings. The fraction of sp³-hybridized carbons (Fsp3) is 0.531. The zero-order valence-corrected chi connectivity index (χ0v) is 25.4. The van der Waals surface area contributed by atoms with Crippen molar-refractivity contribution in [2.75, 3.05) is 25.1 Å². The minimum Gasteiger partial charge on any atom is -0.494 e. The average molecular weight is 605 g/mol. The number of amides is 3. The second-order valence-corrected chi connectivity index (χ2v) is 12.2. The molecular weight excluding hydrogens is 564 g/mol. The van der Waals surface area contributed by atoms with Crippen LogP contribution >= 0.6 is 0 Å². The number of para-hydroxylation sites is 1. The number of aromatic nitrogens is 3. The molecule has 4 heterocycles. The van der Waals surface area contributed by atoms with E-state index in [1.54, 1.807) is 33.8 Å². The van der Waals surface area contributed by atoms with Crippen LogP contribution in [0.15, 0.2) is 48.5 Å². The minimum absolute atomic E-state index is 0.0586. The molecule has 6 rings (SSSR count). The first kappa shape index (κ1) is 30.0. The van der Waals surface area contributed by atoms with Crippen molar-refractivity contribution >= 4 is 34.4 Å². The Morgan fingerprint density at radius 3 is 2.64 bits per heavy atom. The number of carbonyl (C=O) groups excluding carboxylic acids is 3. The molecule has 3 saturated heterocycles. The van der Waals surface area contributed by atoms with Gasteiger partial charge in [-0.05, 0) is 81.8 Å². The molecule has 1 spiro atoms. The lowest BCUT2D eigenvalue weighted by atomic mass is 9.62. The molecule has 2 bridgehead atoms. The lowest BCUT2D eigenvalue weighted by Gasteiger charge is -2.36. The van der Waals surface area contributed by atoms with E-state index in [0.29, 0.717) is 55.8 Å². The van der Waals surface area contributed by atoms with Gasteiger partial charge in [0.25, 0.3) is 0 Å². The van der Waals surface area contributed by atoms with E-state index in [0.717, 1.165) is 5.52 Å². The van der Waals surface area contributed by atoms with E-state index in [1.807, 2.05) is 45.0 Å². The molecule has 6 atom stereocenters. The Hall–Kier alpha value is -4.03. The van der Waals surface area contributed by atoms with E-state index >= 15 is 0 Å². The molecule has 3 aliphatic heterocycles. The second kappa shape index (κ2) is 11.8. The molecule has 3 aliphatic rings. The molecule has 234 valence electrons. The average Bonchev–Trinajstić information content (AvgIpc) is 3.68. The summed E-state index contributed by atoms with van der Waals surface area (Å²) in [5.74, 6) is -1.89. The van der Waals surface area contributed by atoms with Gasteiger partial charge in [-0.25, -0.2) is 4.68 Å². The van der Waals surface area contributed by atoms with Crippen LogP contribution in [0.25, 0.3) is 11.0 Å². The summed E-state index contributed by atoms with van der Waals surface area (Å²) in [5.41, 5.74) is -0.0101. The van der Waals surface area contributed by atoms with Crippen LogP contribution in [-0.2, 0) is 25.8 Å². The van der Waals surface area contributed by atoms with Crippen molar-refractivity contribution in [1.29, 1.82) is 0 Å². The summed E-state index contributed by atoms with van der Waals surface area (Å²) >= 11 is 0. The summed E-state index contributed by atoms with van der Waals surface area (Å²) in [6.45, 7) is 6.80. The molecule has 3 N–H and O–H groups in total. The highest BCUT2D eigenvalue weighted by atomic mass is 16.5. The molecule has 44 heavy (non-hydrogen) atoms. The summed E-state index contributed by atoms with van der Waals surface area (Å²) in [6, 6.07) is 13.7. The lowest BCUT2D eigenvalue weighted by molar-refractivity contribution is -0.146. The van der Waals surface area contributed by atoms with Crippen molar-refractivity contribution in [1.82, 2.24) is 25.2 Å². The first-order valence-electron chi connectivity index (χ1n) is 15.4. The zero-order chi connectivity index (χ0) is 31.1. The fourth-order valence-corrected chi connectivity index (χ4v) is 7.56. The molecule has 0 radical (unpaired) electrons. The summed E-state index contributed by atoms with van der Waals surface area (Å²) in [5, 5.41) is 23.6. The maximum absolute atomic E-state index is 14.3. The van der Waals surface area contributed by atoms with Gasteiger partial charge in [0.2, 0.25) is 17.7 Å². The molecule has 1 aromatic heterocycles. The van der Waals surface area contributed by atoms with Crippen LogP contribution in [0.1, 0.15) is 46.5 Å². The molecular formula is C32H40N6O6. The van der Waals surface area contributed by atoms with Gasteiger partial charge in [-0.1, -0.05) is 24.3 Å². The summed E-state index contributed by atoms with van der Waals surface area (Å²) in [6.07, 6.45) is 2.39. The van der Waals surface area contributed by atoms with Gasteiger partial charge in [-0.15, -0.1) is 5.10 Å². The number of carbonyl (C=O) groups is 3. The van der Waals surface area contributed by atoms with E-state index in [2.05, 4.69) is 20.9 Å². The Kier molecular flexibility index (Phi) is 8.06. The normalized spacial score (nSPS) is 28.8. The number of unbranched alkanes of at least 4 members (excludes halogenated alkanes) is 2. The van der Waals surface area contributed by atoms with Gasteiger partial charge >= 0.3 is 0 Å². The largest absolute Gasteiger partial charge is 0.494 e. The second-order valence-electron chi connectivity index (χ2n) is 12.2. The predicted molar refractivity (Wildman–Crippen MR) is 161 cm³/mol. The number of rotatable bonds is 12. The summed E-state index contributed by atoms with van der Waals surface area (Å²) < 4.78 is 13.9. The number of hydrogen-bond acceptors (Lipinski definition) is 8. The molecule has 2 aromatic carbocycles. The van der Waals surface area contributed by atoms with Crippen LogP contribution < -0.4 is 15.4 Å². The maximum atomic E-state index is 14.3. The highest BCUT2D eigenvalue weighted by Gasteiger charge is 2.79. The topological polar surface area (TPSA) is 148 Å². The van der Waals surface area contributed by atoms with Crippen LogP contribution in [0, 0.1) is 17.8 Å². The predicted octanol–water partition coefficient (Wildman–Crippen LogP) is 2.72.